The van der Waals surface area contributed by atoms with Crippen LogP contribution in [0.15, 0.2) is 11.6 Å². The summed E-state index contributed by atoms with van der Waals surface area (Å²) in [5, 5.41) is 3.53. The molecule has 0 aromatic heterocycles. The molecule has 2 nitrogen and oxygen atoms in total. The van der Waals surface area contributed by atoms with E-state index in [0.717, 1.165) is 18.5 Å². The quantitative estimate of drug-likeness (QED) is 0.611. The number of hydrogen-bond donors (Lipinski definition) is 1. The maximum Gasteiger partial charge on any atom is 0.0297 e. The molecule has 3 atom stereocenters. The zero-order valence-corrected chi connectivity index (χ0v) is 8.37. The van der Waals surface area contributed by atoms with Crippen LogP contribution in [-0.2, 0) is 0 Å². The topological polar surface area (TPSA) is 15.3 Å². The SMILES string of the molecule is C#CC1=CC(N2CC3CC2CN3)CC1. The summed E-state index contributed by atoms with van der Waals surface area (Å²) in [5.41, 5.74) is 1.21. The lowest BCUT2D eigenvalue weighted by atomic mass is 10.2. The molecule has 0 saturated carbocycles. The van der Waals surface area contributed by atoms with E-state index in [1.54, 1.807) is 0 Å². The molecule has 14 heavy (non-hydrogen) atoms. The van der Waals surface area contributed by atoms with Gasteiger partial charge in [-0.3, -0.25) is 4.90 Å². The molecule has 2 fully saturated rings. The van der Waals surface area contributed by atoms with Gasteiger partial charge in [0.25, 0.3) is 0 Å². The van der Waals surface area contributed by atoms with Crippen molar-refractivity contribution in [3.8, 4) is 12.3 Å². The smallest absolute Gasteiger partial charge is 0.0297 e. The Labute approximate surface area is 85.4 Å². The summed E-state index contributed by atoms with van der Waals surface area (Å²) in [6.45, 7) is 2.41. The van der Waals surface area contributed by atoms with Crippen LogP contribution in [-0.4, -0.2) is 36.1 Å². The van der Waals surface area contributed by atoms with Crippen molar-refractivity contribution in [1.29, 1.82) is 0 Å². The summed E-state index contributed by atoms with van der Waals surface area (Å²) in [4.78, 5) is 2.64. The van der Waals surface area contributed by atoms with Crippen LogP contribution < -0.4 is 5.32 Å². The van der Waals surface area contributed by atoms with Gasteiger partial charge in [-0.05, 0) is 24.8 Å². The molecule has 2 saturated heterocycles. The van der Waals surface area contributed by atoms with E-state index in [-0.39, 0.29) is 0 Å². The average molecular weight is 188 g/mol. The summed E-state index contributed by atoms with van der Waals surface area (Å²) in [7, 11) is 0. The highest BCUT2D eigenvalue weighted by Gasteiger charge is 2.40. The predicted octanol–water partition coefficient (Wildman–Crippen LogP) is 0.754. The molecule has 0 spiro atoms. The summed E-state index contributed by atoms with van der Waals surface area (Å²) in [6, 6.07) is 2.17. The van der Waals surface area contributed by atoms with Crippen LogP contribution in [0.1, 0.15) is 19.3 Å². The summed E-state index contributed by atoms with van der Waals surface area (Å²) < 4.78 is 0. The monoisotopic (exact) mass is 188 g/mol. The molecule has 2 aliphatic heterocycles. The van der Waals surface area contributed by atoms with Gasteiger partial charge in [0.1, 0.15) is 0 Å². The lowest BCUT2D eigenvalue weighted by Gasteiger charge is -2.31. The van der Waals surface area contributed by atoms with Crippen LogP contribution in [0.3, 0.4) is 0 Å². The molecule has 2 bridgehead atoms. The van der Waals surface area contributed by atoms with Gasteiger partial charge in [-0.2, -0.15) is 0 Å². The van der Waals surface area contributed by atoms with E-state index in [1.807, 2.05) is 0 Å². The molecule has 0 amide bonds. The molecular formula is C12H16N2. The van der Waals surface area contributed by atoms with Crippen LogP contribution in [0.5, 0.6) is 0 Å². The third-order valence-corrected chi connectivity index (χ3v) is 3.81. The molecule has 3 aliphatic rings. The minimum atomic E-state index is 0.637. The first-order valence-corrected chi connectivity index (χ1v) is 5.53. The Morgan fingerprint density at radius 3 is 3.07 bits per heavy atom. The van der Waals surface area contributed by atoms with E-state index in [9.17, 15) is 0 Å². The molecule has 3 rings (SSSR count). The number of hydrogen-bond acceptors (Lipinski definition) is 2. The number of rotatable bonds is 1. The highest BCUT2D eigenvalue weighted by atomic mass is 15.3. The first kappa shape index (κ1) is 8.52. The van der Waals surface area contributed by atoms with Gasteiger partial charge < -0.3 is 5.32 Å². The molecule has 0 aromatic carbocycles. The van der Waals surface area contributed by atoms with Crippen LogP contribution in [0.2, 0.25) is 0 Å². The highest BCUT2D eigenvalue weighted by Crippen LogP contribution is 2.31. The third kappa shape index (κ3) is 1.20. The Balaban J connectivity index is 1.73. The van der Waals surface area contributed by atoms with Gasteiger partial charge in [-0.15, -0.1) is 6.42 Å². The van der Waals surface area contributed by atoms with Gasteiger partial charge in [0, 0.05) is 31.2 Å². The van der Waals surface area contributed by atoms with Crippen molar-refractivity contribution in [1.82, 2.24) is 10.2 Å². The maximum absolute atomic E-state index is 5.42. The van der Waals surface area contributed by atoms with Gasteiger partial charge in [-0.1, -0.05) is 12.0 Å². The second-order valence-corrected chi connectivity index (χ2v) is 4.63. The van der Waals surface area contributed by atoms with Crippen LogP contribution in [0, 0.1) is 12.3 Å². The van der Waals surface area contributed by atoms with E-state index in [2.05, 4.69) is 22.2 Å². The maximum atomic E-state index is 5.42. The standard InChI is InChI=1S/C12H16N2/c1-2-9-3-4-11(5-9)14-8-10-6-12(14)7-13-10/h1,5,10-13H,3-4,6-8H2. The van der Waals surface area contributed by atoms with Gasteiger partial charge in [0.15, 0.2) is 0 Å². The van der Waals surface area contributed by atoms with Crippen molar-refractivity contribution >= 4 is 0 Å². The van der Waals surface area contributed by atoms with E-state index in [1.165, 1.54) is 31.5 Å². The van der Waals surface area contributed by atoms with Crippen molar-refractivity contribution in [2.75, 3.05) is 13.1 Å². The van der Waals surface area contributed by atoms with Crippen molar-refractivity contribution in [3.05, 3.63) is 11.6 Å². The summed E-state index contributed by atoms with van der Waals surface area (Å²) in [6.07, 6.45) is 11.4. The van der Waals surface area contributed by atoms with Crippen LogP contribution in [0.25, 0.3) is 0 Å². The van der Waals surface area contributed by atoms with Crippen molar-refractivity contribution in [2.45, 2.75) is 37.4 Å². The molecule has 1 N–H and O–H groups in total. The second-order valence-electron chi connectivity index (χ2n) is 4.63. The predicted molar refractivity (Wildman–Crippen MR) is 56.8 cm³/mol. The molecular weight excluding hydrogens is 172 g/mol. The fourth-order valence-corrected chi connectivity index (χ4v) is 3.08. The zero-order chi connectivity index (χ0) is 9.54. The Morgan fingerprint density at radius 2 is 2.50 bits per heavy atom. The highest BCUT2D eigenvalue weighted by molar-refractivity contribution is 5.31. The number of fused-ring (bicyclic) bond motifs is 2. The second kappa shape index (κ2) is 3.12. The van der Waals surface area contributed by atoms with E-state index in [0.29, 0.717) is 6.04 Å². The van der Waals surface area contributed by atoms with Crippen molar-refractivity contribution < 1.29 is 0 Å². The third-order valence-electron chi connectivity index (χ3n) is 3.81. The van der Waals surface area contributed by atoms with Gasteiger partial charge in [0.2, 0.25) is 0 Å². The van der Waals surface area contributed by atoms with Crippen LogP contribution in [0.4, 0.5) is 0 Å². The first-order valence-electron chi connectivity index (χ1n) is 5.53. The first-order chi connectivity index (χ1) is 6.86. The van der Waals surface area contributed by atoms with Gasteiger partial charge >= 0.3 is 0 Å². The largest absolute Gasteiger partial charge is 0.311 e. The number of allylic oxidation sites excluding steroid dienone is 1. The molecule has 0 aromatic rings. The molecule has 1 aliphatic carbocycles. The fraction of sp³-hybridized carbons (Fsp3) is 0.667. The Morgan fingerprint density at radius 1 is 1.57 bits per heavy atom. The number of likely N-dealkylation sites (tertiary alicyclic amines) is 1. The number of nitrogens with zero attached hydrogens (tertiary/aromatic N) is 1. The number of nitrogens with one attached hydrogen (secondary N) is 1. The summed E-state index contributed by atoms with van der Waals surface area (Å²) in [5.74, 6) is 2.78. The molecule has 0 radical (unpaired) electrons. The lowest BCUT2D eigenvalue weighted by molar-refractivity contribution is 0.186. The normalized spacial score (nSPS) is 41.4. The summed E-state index contributed by atoms with van der Waals surface area (Å²) >= 11 is 0. The molecule has 2 heteroatoms. The van der Waals surface area contributed by atoms with Gasteiger partial charge in [-0.25, -0.2) is 0 Å². The van der Waals surface area contributed by atoms with Crippen molar-refractivity contribution in [3.63, 3.8) is 0 Å². The Kier molecular flexibility index (Phi) is 1.90. The number of piperazine rings is 1. The van der Waals surface area contributed by atoms with E-state index < -0.39 is 0 Å². The van der Waals surface area contributed by atoms with E-state index in [4.69, 9.17) is 6.42 Å². The average Bonchev–Trinajstić information content (AvgIpc) is 2.93. The lowest BCUT2D eigenvalue weighted by Crippen LogP contribution is -2.47. The Bertz CT molecular complexity index is 313. The van der Waals surface area contributed by atoms with Crippen LogP contribution >= 0.6 is 0 Å². The molecule has 3 unspecified atom stereocenters. The van der Waals surface area contributed by atoms with E-state index >= 15 is 0 Å². The molecule has 74 valence electrons. The molecule has 2 heterocycles. The minimum Gasteiger partial charge on any atom is -0.311 e. The minimum absolute atomic E-state index is 0.637. The Hall–Kier alpha value is -0.780. The van der Waals surface area contributed by atoms with Crippen molar-refractivity contribution in [2.24, 2.45) is 0 Å². The van der Waals surface area contributed by atoms with Gasteiger partial charge in [0.05, 0.1) is 0 Å². The fourth-order valence-electron chi connectivity index (χ4n) is 3.08. The zero-order valence-electron chi connectivity index (χ0n) is 8.37. The number of terminal acetylenes is 1.